The lowest BCUT2D eigenvalue weighted by molar-refractivity contribution is -0.141. The van der Waals surface area contributed by atoms with Crippen molar-refractivity contribution < 1.29 is 23.5 Å². The van der Waals surface area contributed by atoms with Crippen LogP contribution in [0.4, 0.5) is 0 Å². The maximum Gasteiger partial charge on any atom is 0.258 e. The summed E-state index contributed by atoms with van der Waals surface area (Å²) in [5.74, 6) is 0.558. The number of ether oxygens (including phenoxy) is 2. The number of carbonyl (C=O) groups is 2. The second kappa shape index (κ2) is 7.19. The molecule has 1 aromatic heterocycles. The summed E-state index contributed by atoms with van der Waals surface area (Å²) in [6.45, 7) is 7.33. The molecule has 0 aromatic carbocycles. The van der Waals surface area contributed by atoms with Crippen molar-refractivity contribution >= 4 is 11.8 Å². The van der Waals surface area contributed by atoms with E-state index in [1.807, 2.05) is 18.7 Å². The Labute approximate surface area is 165 Å². The molecule has 1 spiro atoms. The molecule has 4 rings (SSSR count). The molecule has 2 atom stereocenters. The van der Waals surface area contributed by atoms with Gasteiger partial charge in [0.15, 0.2) is 0 Å². The average molecular weight is 390 g/mol. The molecule has 2 aliphatic heterocycles. The van der Waals surface area contributed by atoms with Gasteiger partial charge in [0.25, 0.3) is 5.91 Å². The van der Waals surface area contributed by atoms with E-state index in [4.69, 9.17) is 13.9 Å². The SMILES string of the molecule is Cc1occc1C(=O)N1CC(CC(=O)NC2COC(C)(C)C2)OCC12CCC2. The summed E-state index contributed by atoms with van der Waals surface area (Å²) >= 11 is 0. The lowest BCUT2D eigenvalue weighted by Crippen LogP contribution is -2.65. The first kappa shape index (κ1) is 19.5. The largest absolute Gasteiger partial charge is 0.469 e. The van der Waals surface area contributed by atoms with E-state index in [0.717, 1.165) is 25.7 Å². The van der Waals surface area contributed by atoms with Crippen molar-refractivity contribution in [2.75, 3.05) is 19.8 Å². The van der Waals surface area contributed by atoms with Crippen LogP contribution in [0.5, 0.6) is 0 Å². The molecule has 2 unspecified atom stereocenters. The van der Waals surface area contributed by atoms with Crippen LogP contribution in [0.2, 0.25) is 0 Å². The highest BCUT2D eigenvalue weighted by atomic mass is 16.5. The summed E-state index contributed by atoms with van der Waals surface area (Å²) in [5, 5.41) is 3.05. The molecule has 0 bridgehead atoms. The van der Waals surface area contributed by atoms with Crippen LogP contribution >= 0.6 is 0 Å². The van der Waals surface area contributed by atoms with Crippen molar-refractivity contribution in [3.8, 4) is 0 Å². The fraction of sp³-hybridized carbons (Fsp3) is 0.714. The Morgan fingerprint density at radius 3 is 2.68 bits per heavy atom. The first-order valence-electron chi connectivity index (χ1n) is 10.2. The number of nitrogens with zero attached hydrogens (tertiary/aromatic N) is 1. The van der Waals surface area contributed by atoms with E-state index in [9.17, 15) is 9.59 Å². The second-order valence-corrected chi connectivity index (χ2v) is 9.06. The summed E-state index contributed by atoms with van der Waals surface area (Å²) in [4.78, 5) is 27.6. The lowest BCUT2D eigenvalue weighted by Gasteiger charge is -2.54. The Morgan fingerprint density at radius 2 is 2.11 bits per heavy atom. The Morgan fingerprint density at radius 1 is 1.32 bits per heavy atom. The zero-order chi connectivity index (χ0) is 19.9. The van der Waals surface area contributed by atoms with E-state index in [1.54, 1.807) is 19.3 Å². The molecule has 3 aliphatic rings. The number of aryl methyl sites for hydroxylation is 1. The molecule has 0 radical (unpaired) electrons. The van der Waals surface area contributed by atoms with E-state index in [1.165, 1.54) is 0 Å². The molecular weight excluding hydrogens is 360 g/mol. The molecule has 1 aromatic rings. The minimum atomic E-state index is -0.294. The van der Waals surface area contributed by atoms with Crippen LogP contribution < -0.4 is 5.32 Å². The van der Waals surface area contributed by atoms with E-state index in [-0.39, 0.29) is 41.5 Å². The maximum atomic E-state index is 13.2. The van der Waals surface area contributed by atoms with E-state index in [0.29, 0.717) is 31.1 Å². The van der Waals surface area contributed by atoms with Crippen molar-refractivity contribution in [2.24, 2.45) is 0 Å². The molecule has 1 aliphatic carbocycles. The van der Waals surface area contributed by atoms with Gasteiger partial charge in [-0.25, -0.2) is 0 Å². The second-order valence-electron chi connectivity index (χ2n) is 9.06. The maximum absolute atomic E-state index is 13.2. The molecule has 1 saturated carbocycles. The third-order valence-corrected chi connectivity index (χ3v) is 6.36. The topological polar surface area (TPSA) is 81.0 Å². The number of hydrogen-bond donors (Lipinski definition) is 1. The molecule has 3 heterocycles. The smallest absolute Gasteiger partial charge is 0.258 e. The quantitative estimate of drug-likeness (QED) is 0.854. The fourth-order valence-electron chi connectivity index (χ4n) is 4.60. The van der Waals surface area contributed by atoms with Crippen LogP contribution in [0, 0.1) is 6.92 Å². The van der Waals surface area contributed by atoms with E-state index in [2.05, 4.69) is 5.32 Å². The summed E-state index contributed by atoms with van der Waals surface area (Å²) in [7, 11) is 0. The third-order valence-electron chi connectivity index (χ3n) is 6.36. The number of amides is 2. The van der Waals surface area contributed by atoms with Crippen LogP contribution in [-0.4, -0.2) is 59.8 Å². The third kappa shape index (κ3) is 3.70. The number of rotatable bonds is 4. The molecule has 2 saturated heterocycles. The van der Waals surface area contributed by atoms with Gasteiger partial charge in [-0.15, -0.1) is 0 Å². The number of nitrogens with one attached hydrogen (secondary N) is 1. The number of furan rings is 1. The van der Waals surface area contributed by atoms with Crippen molar-refractivity contribution in [3.63, 3.8) is 0 Å². The summed E-state index contributed by atoms with van der Waals surface area (Å²) in [5.41, 5.74) is 0.181. The first-order chi connectivity index (χ1) is 13.3. The van der Waals surface area contributed by atoms with Crippen LogP contribution in [0.15, 0.2) is 16.7 Å². The Balaban J connectivity index is 1.39. The van der Waals surface area contributed by atoms with E-state index < -0.39 is 0 Å². The molecule has 1 N–H and O–H groups in total. The van der Waals surface area contributed by atoms with Gasteiger partial charge in [-0.2, -0.15) is 0 Å². The van der Waals surface area contributed by atoms with Gasteiger partial charge in [-0.1, -0.05) is 0 Å². The fourth-order valence-corrected chi connectivity index (χ4v) is 4.60. The molecule has 7 heteroatoms. The van der Waals surface area contributed by atoms with Crippen molar-refractivity contribution in [1.29, 1.82) is 0 Å². The van der Waals surface area contributed by atoms with Crippen LogP contribution in [0.3, 0.4) is 0 Å². The molecule has 28 heavy (non-hydrogen) atoms. The van der Waals surface area contributed by atoms with Gasteiger partial charge in [-0.05, 0) is 52.5 Å². The van der Waals surface area contributed by atoms with Gasteiger partial charge in [0.1, 0.15) is 5.76 Å². The highest BCUT2D eigenvalue weighted by Gasteiger charge is 2.49. The van der Waals surface area contributed by atoms with Crippen LogP contribution in [0.1, 0.15) is 62.1 Å². The zero-order valence-electron chi connectivity index (χ0n) is 17.0. The molecule has 7 nitrogen and oxygen atoms in total. The molecule has 3 fully saturated rings. The summed E-state index contributed by atoms with van der Waals surface area (Å²) in [6, 6.07) is 1.76. The minimum absolute atomic E-state index is 0.0226. The Bertz CT molecular complexity index is 752. The molecule has 2 amide bonds. The Kier molecular flexibility index (Phi) is 5.00. The van der Waals surface area contributed by atoms with Crippen LogP contribution in [-0.2, 0) is 14.3 Å². The number of carbonyl (C=O) groups excluding carboxylic acids is 2. The van der Waals surface area contributed by atoms with Crippen molar-refractivity contribution in [2.45, 2.75) is 76.2 Å². The number of morpholine rings is 1. The predicted octanol–water partition coefficient (Wildman–Crippen LogP) is 2.43. The zero-order valence-corrected chi connectivity index (χ0v) is 17.0. The predicted molar refractivity (Wildman–Crippen MR) is 102 cm³/mol. The minimum Gasteiger partial charge on any atom is -0.469 e. The average Bonchev–Trinajstić information content (AvgIpc) is 3.17. The standard InChI is InChI=1S/C21H30N2O5/c1-14-17(5-8-26-14)19(25)23-11-16(27-13-21(23)6-4-7-21)9-18(24)22-15-10-20(2,3)28-12-15/h5,8,15-16H,4,6-7,9-13H2,1-3H3,(H,22,24). The summed E-state index contributed by atoms with van der Waals surface area (Å²) < 4.78 is 17.0. The molecule has 154 valence electrons. The Hall–Kier alpha value is -1.86. The van der Waals surface area contributed by atoms with Crippen LogP contribution in [0.25, 0.3) is 0 Å². The highest BCUT2D eigenvalue weighted by Crippen LogP contribution is 2.42. The lowest BCUT2D eigenvalue weighted by atomic mass is 9.74. The monoisotopic (exact) mass is 390 g/mol. The molecular formula is C21H30N2O5. The van der Waals surface area contributed by atoms with E-state index >= 15 is 0 Å². The number of hydrogen-bond acceptors (Lipinski definition) is 5. The van der Waals surface area contributed by atoms with Crippen molar-refractivity contribution in [1.82, 2.24) is 10.2 Å². The normalized spacial score (nSPS) is 28.2. The van der Waals surface area contributed by atoms with Gasteiger partial charge in [0, 0.05) is 6.54 Å². The highest BCUT2D eigenvalue weighted by molar-refractivity contribution is 5.95. The van der Waals surface area contributed by atoms with Gasteiger partial charge in [0.2, 0.25) is 5.91 Å². The summed E-state index contributed by atoms with van der Waals surface area (Å²) in [6.07, 6.45) is 5.30. The van der Waals surface area contributed by atoms with Crippen molar-refractivity contribution in [3.05, 3.63) is 23.7 Å². The van der Waals surface area contributed by atoms with Gasteiger partial charge in [-0.3, -0.25) is 9.59 Å². The van der Waals surface area contributed by atoms with Gasteiger partial charge >= 0.3 is 0 Å². The first-order valence-corrected chi connectivity index (χ1v) is 10.2. The van der Waals surface area contributed by atoms with Gasteiger partial charge in [0.05, 0.1) is 54.7 Å². The van der Waals surface area contributed by atoms with Gasteiger partial charge < -0.3 is 24.1 Å².